The van der Waals surface area contributed by atoms with Gasteiger partial charge < -0.3 is 14.5 Å². The fraction of sp³-hybridized carbons (Fsp3) is 0.188. The van der Waals surface area contributed by atoms with Crippen molar-refractivity contribution in [2.45, 2.75) is 11.3 Å². The number of halogens is 4. The maximum Gasteiger partial charge on any atom is 0.274 e. The highest BCUT2D eigenvalue weighted by Crippen LogP contribution is 2.30. The number of rotatable bonds is 7. The minimum absolute atomic E-state index is 0.0304. The third-order valence-corrected chi connectivity index (χ3v) is 4.88. The highest BCUT2D eigenvalue weighted by atomic mass is 35.5. The van der Waals surface area contributed by atoms with E-state index in [1.807, 2.05) is 0 Å². The van der Waals surface area contributed by atoms with Gasteiger partial charge in [0.15, 0.2) is 23.4 Å². The molecule has 0 aliphatic heterocycles. The second-order valence-electron chi connectivity index (χ2n) is 5.42. The summed E-state index contributed by atoms with van der Waals surface area (Å²) in [5.41, 5.74) is -0.694. The van der Waals surface area contributed by atoms with Crippen molar-refractivity contribution in [1.29, 1.82) is 0 Å². The van der Waals surface area contributed by atoms with E-state index in [0.717, 1.165) is 6.07 Å². The van der Waals surface area contributed by atoms with Crippen LogP contribution >= 0.6 is 11.6 Å². The lowest BCUT2D eigenvalue weighted by atomic mass is 10.3. The van der Waals surface area contributed by atoms with Gasteiger partial charge in [0.05, 0.1) is 12.0 Å². The van der Waals surface area contributed by atoms with Crippen LogP contribution in [0, 0.1) is 5.82 Å². The molecule has 3 aromatic rings. The van der Waals surface area contributed by atoms with E-state index in [-0.39, 0.29) is 32.5 Å². The number of methoxy groups -OCH3 is 1. The molecule has 0 aromatic carbocycles. The molecule has 154 valence electrons. The fourth-order valence-corrected chi connectivity index (χ4v) is 3.45. The number of hydrogen-bond donors (Lipinski definition) is 2. The quantitative estimate of drug-likeness (QED) is 0.538. The van der Waals surface area contributed by atoms with Gasteiger partial charge in [-0.05, 0) is 12.1 Å². The summed E-state index contributed by atoms with van der Waals surface area (Å²) in [4.78, 5) is 22.0. The van der Waals surface area contributed by atoms with Crippen LogP contribution in [-0.2, 0) is 11.0 Å². The Kier molecular flexibility index (Phi) is 6.23. The third kappa shape index (κ3) is 4.59. The Labute approximate surface area is 168 Å². The number of H-pyrrole nitrogens is 1. The Bertz CT molecular complexity index is 1150. The van der Waals surface area contributed by atoms with Gasteiger partial charge in [0.25, 0.3) is 17.9 Å². The summed E-state index contributed by atoms with van der Waals surface area (Å²) in [6.07, 6.45) is -1.61. The van der Waals surface area contributed by atoms with Crippen LogP contribution in [0.5, 0.6) is 11.8 Å². The van der Waals surface area contributed by atoms with E-state index >= 15 is 0 Å². The van der Waals surface area contributed by atoms with Crippen LogP contribution in [-0.4, -0.2) is 39.3 Å². The first kappa shape index (κ1) is 20.9. The summed E-state index contributed by atoms with van der Waals surface area (Å²) in [7, 11) is -0.811. The Balaban J connectivity index is 1.95. The molecule has 0 radical (unpaired) electrons. The Morgan fingerprint density at radius 1 is 1.31 bits per heavy atom. The van der Waals surface area contributed by atoms with E-state index in [2.05, 4.69) is 24.4 Å². The van der Waals surface area contributed by atoms with Crippen LogP contribution < -0.4 is 19.8 Å². The normalized spacial score (nSPS) is 12.2. The molecular formula is C16H12ClF3N4O4S. The average Bonchev–Trinajstić information content (AvgIpc) is 2.67. The van der Waals surface area contributed by atoms with Crippen LogP contribution in [0.2, 0.25) is 5.15 Å². The molecule has 0 fully saturated rings. The van der Waals surface area contributed by atoms with Crippen LogP contribution in [0.25, 0.3) is 10.9 Å². The SMILES string of the molecule is COc1nc(OCC(F)F)c(F)cc1NS(=O)c1c[nH]c(=O)c2nc(Cl)ccc12. The summed E-state index contributed by atoms with van der Waals surface area (Å²) in [6.45, 7) is -1.05. The van der Waals surface area contributed by atoms with E-state index in [1.165, 1.54) is 25.4 Å². The standard InChI is InChI=1S/C16H12ClF3N4O4S/c1-27-16-9(4-8(18)15(23-16)28-6-12(19)20)24-29(26)10-5-21-14(25)13-7(10)2-3-11(17)22-13/h2-5,12,24H,6H2,1H3,(H,21,25). The van der Waals surface area contributed by atoms with Gasteiger partial charge in [-0.3, -0.25) is 9.52 Å². The first-order valence-electron chi connectivity index (χ1n) is 7.82. The molecule has 0 amide bonds. The molecule has 2 N–H and O–H groups in total. The maximum atomic E-state index is 14.1. The van der Waals surface area contributed by atoms with Crippen molar-refractivity contribution in [3.8, 4) is 11.8 Å². The van der Waals surface area contributed by atoms with Gasteiger partial charge in [0.2, 0.25) is 5.88 Å². The van der Waals surface area contributed by atoms with Gasteiger partial charge in [0, 0.05) is 17.6 Å². The molecule has 3 heterocycles. The summed E-state index contributed by atoms with van der Waals surface area (Å²) < 4.78 is 63.5. The maximum absolute atomic E-state index is 14.1. The van der Waals surface area contributed by atoms with E-state index < -0.39 is 41.3 Å². The smallest absolute Gasteiger partial charge is 0.274 e. The van der Waals surface area contributed by atoms with Gasteiger partial charge in [0.1, 0.15) is 16.4 Å². The lowest BCUT2D eigenvalue weighted by Gasteiger charge is -2.13. The number of ether oxygens (including phenoxy) is 2. The predicted molar refractivity (Wildman–Crippen MR) is 99.7 cm³/mol. The zero-order chi connectivity index (χ0) is 21.1. The van der Waals surface area contributed by atoms with Gasteiger partial charge in [-0.2, -0.15) is 4.98 Å². The Hall–Kier alpha value is -2.86. The van der Waals surface area contributed by atoms with Gasteiger partial charge in [-0.15, -0.1) is 0 Å². The Morgan fingerprint density at radius 3 is 2.76 bits per heavy atom. The van der Waals surface area contributed by atoms with Gasteiger partial charge >= 0.3 is 0 Å². The van der Waals surface area contributed by atoms with E-state index in [0.29, 0.717) is 0 Å². The second kappa shape index (κ2) is 8.66. The number of alkyl halides is 2. The van der Waals surface area contributed by atoms with E-state index in [9.17, 15) is 22.2 Å². The first-order chi connectivity index (χ1) is 13.8. The molecule has 0 aliphatic rings. The monoisotopic (exact) mass is 448 g/mol. The van der Waals surface area contributed by atoms with Crippen molar-refractivity contribution in [2.75, 3.05) is 18.4 Å². The van der Waals surface area contributed by atoms with Crippen molar-refractivity contribution in [2.24, 2.45) is 0 Å². The summed E-state index contributed by atoms with van der Waals surface area (Å²) >= 11 is 5.79. The lowest BCUT2D eigenvalue weighted by molar-refractivity contribution is 0.0770. The third-order valence-electron chi connectivity index (χ3n) is 3.53. The molecule has 0 bridgehead atoms. The molecular weight excluding hydrogens is 437 g/mol. The molecule has 1 unspecified atom stereocenters. The molecule has 13 heteroatoms. The molecule has 0 aliphatic carbocycles. The van der Waals surface area contributed by atoms with Crippen LogP contribution in [0.4, 0.5) is 18.9 Å². The molecule has 3 rings (SSSR count). The van der Waals surface area contributed by atoms with Crippen molar-refractivity contribution < 1.29 is 26.9 Å². The van der Waals surface area contributed by atoms with Crippen LogP contribution in [0.3, 0.4) is 0 Å². The minimum Gasteiger partial charge on any atom is -0.479 e. The molecule has 0 spiro atoms. The number of hydrogen-bond acceptors (Lipinski definition) is 6. The Morgan fingerprint density at radius 2 is 2.07 bits per heavy atom. The topological polar surface area (TPSA) is 106 Å². The number of fused-ring (bicyclic) bond motifs is 1. The zero-order valence-electron chi connectivity index (χ0n) is 14.5. The van der Waals surface area contributed by atoms with Gasteiger partial charge in [-0.25, -0.2) is 22.4 Å². The molecule has 3 aromatic heterocycles. The van der Waals surface area contributed by atoms with Crippen molar-refractivity contribution in [1.82, 2.24) is 15.0 Å². The number of anilines is 1. The van der Waals surface area contributed by atoms with Gasteiger partial charge in [-0.1, -0.05) is 11.6 Å². The highest BCUT2D eigenvalue weighted by molar-refractivity contribution is 7.86. The number of aromatic amines is 1. The number of pyridine rings is 3. The largest absolute Gasteiger partial charge is 0.479 e. The van der Waals surface area contributed by atoms with Crippen LogP contribution in [0.1, 0.15) is 0 Å². The fourth-order valence-electron chi connectivity index (χ4n) is 2.32. The number of aromatic nitrogens is 3. The molecule has 0 saturated heterocycles. The second-order valence-corrected chi connectivity index (χ2v) is 6.99. The molecule has 0 saturated carbocycles. The summed E-state index contributed by atoms with van der Waals surface area (Å²) in [5.74, 6) is -1.99. The molecule has 29 heavy (non-hydrogen) atoms. The number of nitrogens with zero attached hydrogens (tertiary/aromatic N) is 2. The van der Waals surface area contributed by atoms with Crippen molar-refractivity contribution in [3.05, 3.63) is 45.7 Å². The zero-order valence-corrected chi connectivity index (χ0v) is 16.1. The first-order valence-corrected chi connectivity index (χ1v) is 9.34. The van der Waals surface area contributed by atoms with Crippen molar-refractivity contribution in [3.63, 3.8) is 0 Å². The molecule has 1 atom stereocenters. The summed E-state index contributed by atoms with van der Waals surface area (Å²) in [5, 5.41) is 0.333. The summed E-state index contributed by atoms with van der Waals surface area (Å²) in [6, 6.07) is 3.72. The van der Waals surface area contributed by atoms with E-state index in [1.54, 1.807) is 0 Å². The number of nitrogens with one attached hydrogen (secondary N) is 2. The average molecular weight is 449 g/mol. The lowest BCUT2D eigenvalue weighted by Crippen LogP contribution is -2.14. The van der Waals surface area contributed by atoms with E-state index in [4.69, 9.17) is 16.3 Å². The predicted octanol–water partition coefficient (Wildman–Crippen LogP) is 2.90. The molecule has 8 nitrogen and oxygen atoms in total. The van der Waals surface area contributed by atoms with Crippen LogP contribution in [0.15, 0.2) is 34.1 Å². The minimum atomic E-state index is -2.82. The highest BCUT2D eigenvalue weighted by Gasteiger charge is 2.19. The van der Waals surface area contributed by atoms with Crippen molar-refractivity contribution >= 4 is 39.2 Å².